The first-order valence-corrected chi connectivity index (χ1v) is 7.03. The third kappa shape index (κ3) is 4.56. The zero-order valence-electron chi connectivity index (χ0n) is 11.9. The third-order valence-corrected chi connectivity index (χ3v) is 3.69. The van der Waals surface area contributed by atoms with Crippen LogP contribution >= 0.6 is 0 Å². The summed E-state index contributed by atoms with van der Waals surface area (Å²) in [5.41, 5.74) is 1.04. The summed E-state index contributed by atoms with van der Waals surface area (Å²) in [6.45, 7) is 8.48. The molecule has 3 nitrogen and oxygen atoms in total. The number of halogens is 1. The lowest BCUT2D eigenvalue weighted by molar-refractivity contribution is 0.144. The monoisotopic (exact) mass is 265 g/mol. The van der Waals surface area contributed by atoms with Gasteiger partial charge in [-0.15, -0.1) is 0 Å². The second-order valence-electron chi connectivity index (χ2n) is 5.46. The number of hydrogen-bond donors (Lipinski definition) is 1. The van der Waals surface area contributed by atoms with Gasteiger partial charge >= 0.3 is 0 Å². The molecule has 0 radical (unpaired) electrons. The molecule has 106 valence electrons. The minimum absolute atomic E-state index is 0.152. The van der Waals surface area contributed by atoms with E-state index >= 15 is 0 Å². The Kier molecular flexibility index (Phi) is 5.31. The van der Waals surface area contributed by atoms with E-state index in [0.29, 0.717) is 6.04 Å². The molecule has 1 aromatic rings. The van der Waals surface area contributed by atoms with Gasteiger partial charge < -0.3 is 10.2 Å². The van der Waals surface area contributed by atoms with E-state index in [0.717, 1.165) is 44.8 Å². The van der Waals surface area contributed by atoms with Crippen LogP contribution in [-0.4, -0.2) is 55.6 Å². The van der Waals surface area contributed by atoms with E-state index < -0.39 is 0 Å². The van der Waals surface area contributed by atoms with E-state index in [1.807, 2.05) is 6.07 Å². The predicted octanol–water partition coefficient (Wildman–Crippen LogP) is 1.55. The van der Waals surface area contributed by atoms with Gasteiger partial charge in [0.2, 0.25) is 0 Å². The molecule has 0 aliphatic carbocycles. The van der Waals surface area contributed by atoms with Crippen LogP contribution in [0.15, 0.2) is 24.3 Å². The number of likely N-dealkylation sites (N-methyl/N-ethyl adjacent to an activating group) is 1. The van der Waals surface area contributed by atoms with Gasteiger partial charge in [0, 0.05) is 45.3 Å². The number of rotatable bonds is 5. The van der Waals surface area contributed by atoms with Crippen LogP contribution in [0.2, 0.25) is 0 Å². The van der Waals surface area contributed by atoms with E-state index in [1.165, 1.54) is 6.07 Å². The molecule has 1 fully saturated rings. The molecule has 1 aliphatic heterocycles. The molecule has 1 aliphatic rings. The van der Waals surface area contributed by atoms with E-state index in [9.17, 15) is 4.39 Å². The smallest absolute Gasteiger partial charge is 0.123 e. The maximum Gasteiger partial charge on any atom is 0.123 e. The van der Waals surface area contributed by atoms with Crippen LogP contribution in [0.1, 0.15) is 12.5 Å². The molecule has 0 aromatic heterocycles. The molecule has 1 N–H and O–H groups in total. The Hall–Kier alpha value is -0.970. The number of nitrogens with zero attached hydrogens (tertiary/aromatic N) is 2. The topological polar surface area (TPSA) is 18.5 Å². The SMILES string of the molecule is CC(CN(C)Cc1cccc(F)c1)N1CCNCC1. The average Bonchev–Trinajstić information content (AvgIpc) is 2.39. The Bertz CT molecular complexity index is 391. The Morgan fingerprint density at radius 1 is 1.37 bits per heavy atom. The van der Waals surface area contributed by atoms with Crippen molar-refractivity contribution in [1.29, 1.82) is 0 Å². The normalized spacial score (nSPS) is 18.7. The molecule has 0 saturated carbocycles. The molecule has 2 rings (SSSR count). The Balaban J connectivity index is 1.81. The number of piperazine rings is 1. The molecule has 0 spiro atoms. The van der Waals surface area contributed by atoms with Crippen LogP contribution < -0.4 is 5.32 Å². The molecular formula is C15H24FN3. The molecule has 1 unspecified atom stereocenters. The van der Waals surface area contributed by atoms with Crippen LogP contribution in [0.4, 0.5) is 4.39 Å². The molecule has 0 bridgehead atoms. The highest BCUT2D eigenvalue weighted by Gasteiger charge is 2.17. The first-order chi connectivity index (χ1) is 9.15. The van der Waals surface area contributed by atoms with Crippen LogP contribution in [0.25, 0.3) is 0 Å². The summed E-state index contributed by atoms with van der Waals surface area (Å²) in [7, 11) is 2.10. The highest BCUT2D eigenvalue weighted by atomic mass is 19.1. The van der Waals surface area contributed by atoms with Gasteiger partial charge in [-0.3, -0.25) is 4.90 Å². The van der Waals surface area contributed by atoms with Gasteiger partial charge in [-0.05, 0) is 31.7 Å². The van der Waals surface area contributed by atoms with Crippen LogP contribution in [0.3, 0.4) is 0 Å². The Labute approximate surface area is 115 Å². The van der Waals surface area contributed by atoms with Gasteiger partial charge in [0.25, 0.3) is 0 Å². The van der Waals surface area contributed by atoms with E-state index in [-0.39, 0.29) is 5.82 Å². The van der Waals surface area contributed by atoms with Gasteiger partial charge in [-0.25, -0.2) is 4.39 Å². The van der Waals surface area contributed by atoms with E-state index in [1.54, 1.807) is 12.1 Å². The van der Waals surface area contributed by atoms with Crippen LogP contribution in [0.5, 0.6) is 0 Å². The zero-order chi connectivity index (χ0) is 13.7. The molecule has 4 heteroatoms. The van der Waals surface area contributed by atoms with Crippen molar-refractivity contribution in [2.75, 3.05) is 39.8 Å². The number of benzene rings is 1. The molecule has 19 heavy (non-hydrogen) atoms. The number of hydrogen-bond acceptors (Lipinski definition) is 3. The molecule has 1 saturated heterocycles. The fourth-order valence-corrected chi connectivity index (χ4v) is 2.70. The average molecular weight is 265 g/mol. The summed E-state index contributed by atoms with van der Waals surface area (Å²) in [6, 6.07) is 7.41. The first kappa shape index (κ1) is 14.4. The van der Waals surface area contributed by atoms with Crippen molar-refractivity contribution in [3.8, 4) is 0 Å². The van der Waals surface area contributed by atoms with Gasteiger partial charge in [-0.2, -0.15) is 0 Å². The van der Waals surface area contributed by atoms with Gasteiger partial charge in [0.15, 0.2) is 0 Å². The molecule has 1 aromatic carbocycles. The van der Waals surface area contributed by atoms with Gasteiger partial charge in [0.05, 0.1) is 0 Å². The molecule has 1 atom stereocenters. The lowest BCUT2D eigenvalue weighted by Gasteiger charge is -2.35. The lowest BCUT2D eigenvalue weighted by atomic mass is 10.2. The van der Waals surface area contributed by atoms with Crippen molar-refractivity contribution in [3.05, 3.63) is 35.6 Å². The van der Waals surface area contributed by atoms with Gasteiger partial charge in [0.1, 0.15) is 5.82 Å². The second-order valence-corrected chi connectivity index (χ2v) is 5.46. The fraction of sp³-hybridized carbons (Fsp3) is 0.600. The van der Waals surface area contributed by atoms with Gasteiger partial charge in [-0.1, -0.05) is 12.1 Å². The highest BCUT2D eigenvalue weighted by molar-refractivity contribution is 5.16. The van der Waals surface area contributed by atoms with Crippen molar-refractivity contribution in [1.82, 2.24) is 15.1 Å². The molecule has 0 amide bonds. The van der Waals surface area contributed by atoms with Crippen molar-refractivity contribution in [2.45, 2.75) is 19.5 Å². The summed E-state index contributed by atoms with van der Waals surface area (Å²) in [5, 5.41) is 3.37. The summed E-state index contributed by atoms with van der Waals surface area (Å²) in [4.78, 5) is 4.78. The van der Waals surface area contributed by atoms with Crippen molar-refractivity contribution >= 4 is 0 Å². The minimum Gasteiger partial charge on any atom is -0.314 e. The Morgan fingerprint density at radius 2 is 2.11 bits per heavy atom. The maximum atomic E-state index is 13.1. The van der Waals surface area contributed by atoms with Crippen LogP contribution in [-0.2, 0) is 6.54 Å². The fourth-order valence-electron chi connectivity index (χ4n) is 2.70. The standard InChI is InChI=1S/C15H24FN3/c1-13(19-8-6-17-7-9-19)11-18(2)12-14-4-3-5-15(16)10-14/h3-5,10,13,17H,6-9,11-12H2,1-2H3. The molecule has 1 heterocycles. The Morgan fingerprint density at radius 3 is 2.79 bits per heavy atom. The summed E-state index contributed by atoms with van der Waals surface area (Å²) >= 11 is 0. The minimum atomic E-state index is -0.152. The highest BCUT2D eigenvalue weighted by Crippen LogP contribution is 2.08. The van der Waals surface area contributed by atoms with E-state index in [4.69, 9.17) is 0 Å². The number of nitrogens with one attached hydrogen (secondary N) is 1. The van der Waals surface area contributed by atoms with E-state index in [2.05, 4.69) is 29.1 Å². The summed E-state index contributed by atoms with van der Waals surface area (Å²) in [5.74, 6) is -0.152. The lowest BCUT2D eigenvalue weighted by Crippen LogP contribution is -2.50. The van der Waals surface area contributed by atoms with Crippen molar-refractivity contribution < 1.29 is 4.39 Å². The summed E-state index contributed by atoms with van der Waals surface area (Å²) < 4.78 is 13.1. The van der Waals surface area contributed by atoms with Crippen LogP contribution in [0, 0.1) is 5.82 Å². The first-order valence-electron chi connectivity index (χ1n) is 7.03. The van der Waals surface area contributed by atoms with Crippen molar-refractivity contribution in [3.63, 3.8) is 0 Å². The maximum absolute atomic E-state index is 13.1. The third-order valence-electron chi connectivity index (χ3n) is 3.69. The van der Waals surface area contributed by atoms with Crippen molar-refractivity contribution in [2.24, 2.45) is 0 Å². The predicted molar refractivity (Wildman–Crippen MR) is 76.6 cm³/mol. The quantitative estimate of drug-likeness (QED) is 0.871. The largest absolute Gasteiger partial charge is 0.314 e. The second kappa shape index (κ2) is 6.98. The molecular weight excluding hydrogens is 241 g/mol. The summed E-state index contributed by atoms with van der Waals surface area (Å²) in [6.07, 6.45) is 0. The zero-order valence-corrected chi connectivity index (χ0v) is 11.9.